The number of carbonyl (C=O) groups excluding carboxylic acids is 2. The summed E-state index contributed by atoms with van der Waals surface area (Å²) in [6.45, 7) is 5.51. The standard InChI is InChI=1S/C17H22N4O3/c1-10-6-11(2)8-13(7-10)24-9-14(22)19-15-12(3)20-21(5)16(15)17(23)18-4/h6-8H,9H2,1-5H3,(H,18,23)(H,19,22). The molecule has 128 valence electrons. The Bertz CT molecular complexity index is 760. The van der Waals surface area contributed by atoms with Crippen molar-refractivity contribution in [3.05, 3.63) is 40.7 Å². The molecule has 0 unspecified atom stereocenters. The molecule has 0 radical (unpaired) electrons. The third-order valence-corrected chi connectivity index (χ3v) is 3.49. The number of amides is 2. The first-order chi connectivity index (χ1) is 11.3. The third-order valence-electron chi connectivity index (χ3n) is 3.49. The molecular weight excluding hydrogens is 308 g/mol. The van der Waals surface area contributed by atoms with Crippen molar-refractivity contribution in [3.63, 3.8) is 0 Å². The van der Waals surface area contributed by atoms with Gasteiger partial charge in [0.2, 0.25) is 0 Å². The van der Waals surface area contributed by atoms with Crippen molar-refractivity contribution in [1.82, 2.24) is 15.1 Å². The van der Waals surface area contributed by atoms with E-state index < -0.39 is 0 Å². The highest BCUT2D eigenvalue weighted by Crippen LogP contribution is 2.20. The highest BCUT2D eigenvalue weighted by atomic mass is 16.5. The van der Waals surface area contributed by atoms with Crippen molar-refractivity contribution in [2.24, 2.45) is 7.05 Å². The van der Waals surface area contributed by atoms with E-state index in [-0.39, 0.29) is 18.4 Å². The fourth-order valence-corrected chi connectivity index (χ4v) is 2.53. The molecule has 2 rings (SSSR count). The summed E-state index contributed by atoms with van der Waals surface area (Å²) in [6.07, 6.45) is 0. The van der Waals surface area contributed by atoms with Gasteiger partial charge in [-0.15, -0.1) is 0 Å². The highest BCUT2D eigenvalue weighted by molar-refractivity contribution is 6.03. The fraction of sp³-hybridized carbons (Fsp3) is 0.353. The molecule has 0 saturated heterocycles. The molecule has 2 aromatic rings. The summed E-state index contributed by atoms with van der Waals surface area (Å²) in [6, 6.07) is 5.76. The quantitative estimate of drug-likeness (QED) is 0.874. The Balaban J connectivity index is 2.09. The number of hydrogen-bond acceptors (Lipinski definition) is 4. The van der Waals surface area contributed by atoms with E-state index >= 15 is 0 Å². The van der Waals surface area contributed by atoms with Crippen molar-refractivity contribution in [2.45, 2.75) is 20.8 Å². The maximum absolute atomic E-state index is 12.2. The smallest absolute Gasteiger partial charge is 0.271 e. The molecule has 1 aromatic carbocycles. The lowest BCUT2D eigenvalue weighted by molar-refractivity contribution is -0.118. The van der Waals surface area contributed by atoms with Crippen molar-refractivity contribution >= 4 is 17.5 Å². The largest absolute Gasteiger partial charge is 0.484 e. The van der Waals surface area contributed by atoms with E-state index in [4.69, 9.17) is 4.74 Å². The van der Waals surface area contributed by atoms with Crippen LogP contribution in [0, 0.1) is 20.8 Å². The molecule has 0 spiro atoms. The van der Waals surface area contributed by atoms with E-state index in [0.29, 0.717) is 22.8 Å². The van der Waals surface area contributed by atoms with Crippen molar-refractivity contribution < 1.29 is 14.3 Å². The highest BCUT2D eigenvalue weighted by Gasteiger charge is 2.21. The minimum absolute atomic E-state index is 0.148. The van der Waals surface area contributed by atoms with Gasteiger partial charge < -0.3 is 15.4 Å². The number of aromatic nitrogens is 2. The topological polar surface area (TPSA) is 85.2 Å². The Kier molecular flexibility index (Phi) is 5.23. The van der Waals surface area contributed by atoms with E-state index in [1.807, 2.05) is 32.0 Å². The van der Waals surface area contributed by atoms with Gasteiger partial charge in [0.05, 0.1) is 11.4 Å². The maximum Gasteiger partial charge on any atom is 0.271 e. The van der Waals surface area contributed by atoms with Gasteiger partial charge in [0.15, 0.2) is 6.61 Å². The van der Waals surface area contributed by atoms with Crippen LogP contribution in [0.1, 0.15) is 27.3 Å². The van der Waals surface area contributed by atoms with E-state index in [1.165, 1.54) is 11.7 Å². The number of carbonyl (C=O) groups is 2. The third kappa shape index (κ3) is 3.92. The lowest BCUT2D eigenvalue weighted by atomic mass is 10.1. The van der Waals surface area contributed by atoms with E-state index in [9.17, 15) is 9.59 Å². The summed E-state index contributed by atoms with van der Waals surface area (Å²) in [5, 5.41) is 9.42. The predicted octanol–water partition coefficient (Wildman–Crippen LogP) is 1.72. The van der Waals surface area contributed by atoms with Crippen LogP contribution in [0.2, 0.25) is 0 Å². The molecule has 24 heavy (non-hydrogen) atoms. The molecule has 0 aliphatic rings. The molecule has 2 N–H and O–H groups in total. The molecule has 7 heteroatoms. The SMILES string of the molecule is CNC(=O)c1c(NC(=O)COc2cc(C)cc(C)c2)c(C)nn1C. The van der Waals surface area contributed by atoms with Crippen LogP contribution < -0.4 is 15.4 Å². The summed E-state index contributed by atoms with van der Waals surface area (Å²) < 4.78 is 6.97. The molecule has 0 saturated carbocycles. The minimum Gasteiger partial charge on any atom is -0.484 e. The van der Waals surface area contributed by atoms with Gasteiger partial charge in [-0.05, 0) is 44.0 Å². The summed E-state index contributed by atoms with van der Waals surface area (Å²) in [5.41, 5.74) is 3.39. The lowest BCUT2D eigenvalue weighted by Crippen LogP contribution is -2.25. The van der Waals surface area contributed by atoms with Gasteiger partial charge in [-0.3, -0.25) is 14.3 Å². The Morgan fingerprint density at radius 1 is 1.17 bits per heavy atom. The number of aryl methyl sites for hydroxylation is 4. The van der Waals surface area contributed by atoms with Crippen LogP contribution in [-0.4, -0.2) is 35.2 Å². The Morgan fingerprint density at radius 3 is 2.38 bits per heavy atom. The van der Waals surface area contributed by atoms with Crippen LogP contribution in [0.5, 0.6) is 5.75 Å². The maximum atomic E-state index is 12.2. The predicted molar refractivity (Wildman–Crippen MR) is 91.4 cm³/mol. The lowest BCUT2D eigenvalue weighted by Gasteiger charge is -2.10. The first-order valence-corrected chi connectivity index (χ1v) is 7.58. The zero-order chi connectivity index (χ0) is 17.9. The molecule has 1 aromatic heterocycles. The zero-order valence-electron chi connectivity index (χ0n) is 14.6. The summed E-state index contributed by atoms with van der Waals surface area (Å²) in [5.74, 6) is -0.0314. The number of anilines is 1. The first kappa shape index (κ1) is 17.5. The molecule has 7 nitrogen and oxygen atoms in total. The molecule has 0 aliphatic carbocycles. The van der Waals surface area contributed by atoms with Crippen LogP contribution in [0.25, 0.3) is 0 Å². The number of ether oxygens (including phenoxy) is 1. The van der Waals surface area contributed by atoms with Crippen LogP contribution in [-0.2, 0) is 11.8 Å². The van der Waals surface area contributed by atoms with Crippen LogP contribution in [0.15, 0.2) is 18.2 Å². The van der Waals surface area contributed by atoms with Gasteiger partial charge in [-0.25, -0.2) is 0 Å². The number of benzene rings is 1. The first-order valence-electron chi connectivity index (χ1n) is 7.58. The molecule has 0 fully saturated rings. The Morgan fingerprint density at radius 2 is 1.79 bits per heavy atom. The second-order valence-corrected chi connectivity index (χ2v) is 5.67. The van der Waals surface area contributed by atoms with Crippen molar-refractivity contribution in [2.75, 3.05) is 19.0 Å². The van der Waals surface area contributed by atoms with Crippen LogP contribution >= 0.6 is 0 Å². The van der Waals surface area contributed by atoms with Crippen molar-refractivity contribution in [1.29, 1.82) is 0 Å². The van der Waals surface area contributed by atoms with E-state index in [1.54, 1.807) is 14.0 Å². The second kappa shape index (κ2) is 7.16. The molecule has 0 bridgehead atoms. The molecule has 0 aliphatic heterocycles. The average Bonchev–Trinajstić information content (AvgIpc) is 2.77. The van der Waals surface area contributed by atoms with Gasteiger partial charge in [0.1, 0.15) is 11.4 Å². The van der Waals surface area contributed by atoms with Gasteiger partial charge >= 0.3 is 0 Å². The van der Waals surface area contributed by atoms with Gasteiger partial charge in [0.25, 0.3) is 11.8 Å². The zero-order valence-corrected chi connectivity index (χ0v) is 14.6. The molecule has 0 atom stereocenters. The average molecular weight is 330 g/mol. The fourth-order valence-electron chi connectivity index (χ4n) is 2.53. The number of nitrogens with zero attached hydrogens (tertiary/aromatic N) is 2. The monoisotopic (exact) mass is 330 g/mol. The Labute approximate surface area is 141 Å². The summed E-state index contributed by atoms with van der Waals surface area (Å²) >= 11 is 0. The number of hydrogen-bond donors (Lipinski definition) is 2. The van der Waals surface area contributed by atoms with Gasteiger partial charge in [-0.1, -0.05) is 6.07 Å². The molecular formula is C17H22N4O3. The molecule has 1 heterocycles. The number of nitrogens with one attached hydrogen (secondary N) is 2. The van der Waals surface area contributed by atoms with Crippen LogP contribution in [0.4, 0.5) is 5.69 Å². The van der Waals surface area contributed by atoms with Crippen LogP contribution in [0.3, 0.4) is 0 Å². The number of rotatable bonds is 5. The molecule has 2 amide bonds. The normalized spacial score (nSPS) is 10.4. The summed E-state index contributed by atoms with van der Waals surface area (Å²) in [4.78, 5) is 24.1. The van der Waals surface area contributed by atoms with E-state index in [2.05, 4.69) is 15.7 Å². The second-order valence-electron chi connectivity index (χ2n) is 5.67. The van der Waals surface area contributed by atoms with Gasteiger partial charge in [0, 0.05) is 14.1 Å². The Hall–Kier alpha value is -2.83. The van der Waals surface area contributed by atoms with E-state index in [0.717, 1.165) is 11.1 Å². The van der Waals surface area contributed by atoms with Gasteiger partial charge in [-0.2, -0.15) is 5.10 Å². The minimum atomic E-state index is -0.351. The summed E-state index contributed by atoms with van der Waals surface area (Å²) in [7, 11) is 3.18. The van der Waals surface area contributed by atoms with Crippen molar-refractivity contribution in [3.8, 4) is 5.75 Å².